The Hall–Kier alpha value is -1.53. The summed E-state index contributed by atoms with van der Waals surface area (Å²) < 4.78 is 0. The van der Waals surface area contributed by atoms with E-state index in [2.05, 4.69) is 34.1 Å². The monoisotopic (exact) mass is 217 g/mol. The number of hydrogen-bond donors (Lipinski definition) is 1. The minimum atomic E-state index is 0.613. The lowest BCUT2D eigenvalue weighted by atomic mass is 10.2. The van der Waals surface area contributed by atoms with Gasteiger partial charge in [-0.05, 0) is 19.5 Å². The minimum absolute atomic E-state index is 0.613. The van der Waals surface area contributed by atoms with Crippen LogP contribution in [0, 0.1) is 12.3 Å². The summed E-state index contributed by atoms with van der Waals surface area (Å²) in [6.45, 7) is 4.51. The zero-order valence-electron chi connectivity index (χ0n) is 10.0. The Morgan fingerprint density at radius 1 is 1.56 bits per heavy atom. The molecule has 0 spiro atoms. The summed E-state index contributed by atoms with van der Waals surface area (Å²) in [6.07, 6.45) is 8.27. The molecule has 0 amide bonds. The second-order valence-corrected chi connectivity index (χ2v) is 3.64. The third-order valence-corrected chi connectivity index (χ3v) is 2.31. The molecule has 0 unspecified atom stereocenters. The Balaban J connectivity index is 2.93. The maximum absolute atomic E-state index is 5.39. The van der Waals surface area contributed by atoms with Crippen LogP contribution in [0.3, 0.4) is 0 Å². The smallest absolute Gasteiger partial charge is 0.133 e. The number of terminal acetylenes is 1. The third-order valence-electron chi connectivity index (χ3n) is 2.31. The standard InChI is InChI=1S/C13H19N3/c1-4-9-16(10-5-2)13-12(11-14-3)7-6-8-15-13/h1,6-8,14H,5,9-11H2,2-3H3. The molecule has 0 fully saturated rings. The lowest BCUT2D eigenvalue weighted by molar-refractivity contribution is 0.771. The second kappa shape index (κ2) is 6.86. The highest BCUT2D eigenvalue weighted by atomic mass is 15.2. The Morgan fingerprint density at radius 3 is 3.00 bits per heavy atom. The van der Waals surface area contributed by atoms with Gasteiger partial charge in [0, 0.05) is 24.8 Å². The largest absolute Gasteiger partial charge is 0.345 e. The first-order valence-electron chi connectivity index (χ1n) is 5.60. The van der Waals surface area contributed by atoms with E-state index in [9.17, 15) is 0 Å². The van der Waals surface area contributed by atoms with Crippen molar-refractivity contribution >= 4 is 5.82 Å². The molecule has 0 aliphatic rings. The molecule has 86 valence electrons. The van der Waals surface area contributed by atoms with Crippen molar-refractivity contribution in [2.75, 3.05) is 25.0 Å². The fourth-order valence-corrected chi connectivity index (χ4v) is 1.68. The van der Waals surface area contributed by atoms with Gasteiger partial charge < -0.3 is 10.2 Å². The van der Waals surface area contributed by atoms with Crippen LogP contribution in [0.15, 0.2) is 18.3 Å². The molecule has 0 aliphatic carbocycles. The van der Waals surface area contributed by atoms with E-state index < -0.39 is 0 Å². The van der Waals surface area contributed by atoms with Crippen molar-refractivity contribution in [1.29, 1.82) is 0 Å². The lowest BCUT2D eigenvalue weighted by Gasteiger charge is -2.23. The van der Waals surface area contributed by atoms with E-state index in [1.54, 1.807) is 0 Å². The molecule has 1 N–H and O–H groups in total. The maximum atomic E-state index is 5.39. The van der Waals surface area contributed by atoms with Crippen LogP contribution < -0.4 is 10.2 Å². The molecule has 0 aliphatic heterocycles. The van der Waals surface area contributed by atoms with Crippen molar-refractivity contribution in [2.24, 2.45) is 0 Å². The van der Waals surface area contributed by atoms with E-state index >= 15 is 0 Å². The van der Waals surface area contributed by atoms with Gasteiger partial charge in [0.25, 0.3) is 0 Å². The van der Waals surface area contributed by atoms with E-state index in [-0.39, 0.29) is 0 Å². The van der Waals surface area contributed by atoms with Crippen LogP contribution in [-0.4, -0.2) is 25.1 Å². The van der Waals surface area contributed by atoms with Gasteiger partial charge in [0.05, 0.1) is 6.54 Å². The van der Waals surface area contributed by atoms with Crippen molar-refractivity contribution in [3.8, 4) is 12.3 Å². The first-order valence-corrected chi connectivity index (χ1v) is 5.60. The van der Waals surface area contributed by atoms with Crippen molar-refractivity contribution in [3.05, 3.63) is 23.9 Å². The molecule has 16 heavy (non-hydrogen) atoms. The Morgan fingerprint density at radius 2 is 2.38 bits per heavy atom. The van der Waals surface area contributed by atoms with Crippen LogP contribution in [0.4, 0.5) is 5.82 Å². The van der Waals surface area contributed by atoms with E-state index in [0.717, 1.165) is 25.3 Å². The molecule has 3 nitrogen and oxygen atoms in total. The number of nitrogens with zero attached hydrogens (tertiary/aromatic N) is 2. The fourth-order valence-electron chi connectivity index (χ4n) is 1.68. The highest BCUT2D eigenvalue weighted by Crippen LogP contribution is 2.16. The summed E-state index contributed by atoms with van der Waals surface area (Å²) in [5.74, 6) is 3.68. The van der Waals surface area contributed by atoms with Gasteiger partial charge in [0.2, 0.25) is 0 Å². The van der Waals surface area contributed by atoms with Crippen LogP contribution >= 0.6 is 0 Å². The van der Waals surface area contributed by atoms with Crippen LogP contribution in [-0.2, 0) is 6.54 Å². The summed E-state index contributed by atoms with van der Waals surface area (Å²) in [5.41, 5.74) is 1.19. The molecule has 0 saturated heterocycles. The molecule has 0 saturated carbocycles. The Bertz CT molecular complexity index is 354. The average Bonchev–Trinajstić information content (AvgIpc) is 2.30. The van der Waals surface area contributed by atoms with Crippen LogP contribution in [0.25, 0.3) is 0 Å². The molecule has 3 heteroatoms. The summed E-state index contributed by atoms with van der Waals surface area (Å²) in [6, 6.07) is 4.04. The van der Waals surface area contributed by atoms with Gasteiger partial charge in [0.15, 0.2) is 0 Å². The molecule has 1 heterocycles. The van der Waals surface area contributed by atoms with E-state index in [4.69, 9.17) is 6.42 Å². The van der Waals surface area contributed by atoms with Crippen molar-refractivity contribution in [1.82, 2.24) is 10.3 Å². The van der Waals surface area contributed by atoms with Gasteiger partial charge in [0.1, 0.15) is 5.82 Å². The van der Waals surface area contributed by atoms with Gasteiger partial charge in [-0.3, -0.25) is 0 Å². The van der Waals surface area contributed by atoms with E-state index in [0.29, 0.717) is 6.54 Å². The third kappa shape index (κ3) is 3.25. The highest BCUT2D eigenvalue weighted by molar-refractivity contribution is 5.47. The van der Waals surface area contributed by atoms with Crippen LogP contribution in [0.1, 0.15) is 18.9 Å². The lowest BCUT2D eigenvalue weighted by Crippen LogP contribution is -2.27. The number of pyridine rings is 1. The van der Waals surface area contributed by atoms with E-state index in [1.807, 2.05) is 19.3 Å². The SMILES string of the molecule is C#CCN(CCC)c1ncccc1CNC. The number of nitrogens with one attached hydrogen (secondary N) is 1. The van der Waals surface area contributed by atoms with Crippen molar-refractivity contribution < 1.29 is 0 Å². The summed E-state index contributed by atoms with van der Waals surface area (Å²) in [5, 5.41) is 3.15. The number of anilines is 1. The van der Waals surface area contributed by atoms with Crippen molar-refractivity contribution in [3.63, 3.8) is 0 Å². The van der Waals surface area contributed by atoms with E-state index in [1.165, 1.54) is 5.56 Å². The predicted molar refractivity (Wildman–Crippen MR) is 68.3 cm³/mol. The van der Waals surface area contributed by atoms with Gasteiger partial charge in [-0.15, -0.1) is 6.42 Å². The summed E-state index contributed by atoms with van der Waals surface area (Å²) >= 11 is 0. The van der Waals surface area contributed by atoms with Crippen LogP contribution in [0.5, 0.6) is 0 Å². The summed E-state index contributed by atoms with van der Waals surface area (Å²) in [7, 11) is 1.93. The molecular formula is C13H19N3. The van der Waals surface area contributed by atoms with Gasteiger partial charge in [-0.2, -0.15) is 0 Å². The second-order valence-electron chi connectivity index (χ2n) is 3.64. The Kier molecular flexibility index (Phi) is 5.38. The average molecular weight is 217 g/mol. The fraction of sp³-hybridized carbons (Fsp3) is 0.462. The Labute approximate surface area is 97.9 Å². The molecule has 1 aromatic heterocycles. The first-order chi connectivity index (χ1) is 7.83. The molecule has 0 bridgehead atoms. The number of rotatable bonds is 6. The summed E-state index contributed by atoms with van der Waals surface area (Å²) in [4.78, 5) is 6.57. The molecule has 0 aromatic carbocycles. The number of aromatic nitrogens is 1. The quantitative estimate of drug-likeness (QED) is 0.734. The zero-order valence-corrected chi connectivity index (χ0v) is 10.0. The van der Waals surface area contributed by atoms with Gasteiger partial charge in [-0.25, -0.2) is 4.98 Å². The molecule has 1 rings (SSSR count). The topological polar surface area (TPSA) is 28.2 Å². The normalized spacial score (nSPS) is 9.81. The molecule has 1 aromatic rings. The van der Waals surface area contributed by atoms with Crippen molar-refractivity contribution in [2.45, 2.75) is 19.9 Å². The van der Waals surface area contributed by atoms with Gasteiger partial charge >= 0.3 is 0 Å². The maximum Gasteiger partial charge on any atom is 0.133 e. The molecule has 0 atom stereocenters. The predicted octanol–water partition coefficient (Wildman–Crippen LogP) is 1.65. The molecular weight excluding hydrogens is 198 g/mol. The molecule has 0 radical (unpaired) electrons. The number of hydrogen-bond acceptors (Lipinski definition) is 3. The zero-order chi connectivity index (χ0) is 11.8. The highest BCUT2D eigenvalue weighted by Gasteiger charge is 2.09. The minimum Gasteiger partial charge on any atom is -0.345 e. The van der Waals surface area contributed by atoms with Gasteiger partial charge in [-0.1, -0.05) is 18.9 Å². The first kappa shape index (κ1) is 12.5. The van der Waals surface area contributed by atoms with Crippen LogP contribution in [0.2, 0.25) is 0 Å².